The van der Waals surface area contributed by atoms with Gasteiger partial charge in [0, 0.05) is 16.9 Å². The molecule has 1 atom stereocenters. The van der Waals surface area contributed by atoms with Gasteiger partial charge in [0.15, 0.2) is 5.75 Å². The van der Waals surface area contributed by atoms with Gasteiger partial charge in [-0.3, -0.25) is 14.4 Å². The number of phenols is 1. The van der Waals surface area contributed by atoms with E-state index < -0.39 is 22.6 Å². The zero-order valence-corrected chi connectivity index (χ0v) is 16.8. The van der Waals surface area contributed by atoms with Crippen molar-refractivity contribution in [3.8, 4) is 5.75 Å². The molecule has 1 amide bonds. The molecule has 0 unspecified atom stereocenters. The summed E-state index contributed by atoms with van der Waals surface area (Å²) >= 11 is 0. The predicted molar refractivity (Wildman–Crippen MR) is 118 cm³/mol. The van der Waals surface area contributed by atoms with Gasteiger partial charge in [0.2, 0.25) is 0 Å². The van der Waals surface area contributed by atoms with Crippen LogP contribution in [0, 0.1) is 5.82 Å². The normalized spacial score (nSPS) is 11.9. The molecule has 3 aromatic rings. The zero-order chi connectivity index (χ0) is 22.0. The Kier molecular flexibility index (Phi) is 5.86. The summed E-state index contributed by atoms with van der Waals surface area (Å²) in [7, 11) is 3.11. The van der Waals surface area contributed by atoms with Crippen LogP contribution in [0.1, 0.15) is 38.2 Å². The Morgan fingerprint density at radius 3 is 2.43 bits per heavy atom. The minimum Gasteiger partial charge on any atom is -0.505 e. The fourth-order valence-electron chi connectivity index (χ4n) is 3.16. The molecule has 0 saturated heterocycles. The fourth-order valence-corrected chi connectivity index (χ4v) is 3.16. The second-order valence-electron chi connectivity index (χ2n) is 7.09. The number of hydrogen-bond donors (Lipinski definition) is 3. The number of benzene rings is 2. The Morgan fingerprint density at radius 1 is 1.13 bits per heavy atom. The fraction of sp³-hybridized carbons (Fsp3) is 0.227. The quantitative estimate of drug-likeness (QED) is 0.403. The first-order chi connectivity index (χ1) is 14.2. The molecule has 0 spiro atoms. The number of aromatic hydroxyl groups is 1. The number of carbonyl (C=O) groups is 1. The summed E-state index contributed by atoms with van der Waals surface area (Å²) in [5.74, 6) is -1.13. The van der Waals surface area contributed by atoms with Gasteiger partial charge >= 0.3 is 0 Å². The van der Waals surface area contributed by atoms with E-state index in [9.17, 15) is 23.9 Å². The lowest BCUT2D eigenvalue weighted by Gasteiger charge is -2.22. The highest BCUT2D eigenvalue weighted by Gasteiger charge is 2.25. The van der Waals surface area contributed by atoms with Crippen molar-refractivity contribution in [2.75, 3.05) is 24.7 Å². The molecule has 0 aliphatic rings. The molecule has 0 saturated carbocycles. The Morgan fingerprint density at radius 2 is 1.80 bits per heavy atom. The number of carbonyl (C=O) groups excluding carboxylic acids is 1. The van der Waals surface area contributed by atoms with E-state index in [2.05, 4.69) is 10.6 Å². The third-order valence-corrected chi connectivity index (χ3v) is 4.82. The van der Waals surface area contributed by atoms with E-state index in [0.29, 0.717) is 12.0 Å². The molecule has 0 heterocycles. The number of para-hydroxylation sites is 1. The van der Waals surface area contributed by atoms with Crippen molar-refractivity contribution in [1.29, 1.82) is 0 Å². The van der Waals surface area contributed by atoms with Gasteiger partial charge in [0.25, 0.3) is 16.8 Å². The minimum absolute atomic E-state index is 0. The van der Waals surface area contributed by atoms with Crippen LogP contribution in [0.15, 0.2) is 52.1 Å². The van der Waals surface area contributed by atoms with Crippen molar-refractivity contribution in [2.24, 2.45) is 0 Å². The van der Waals surface area contributed by atoms with Crippen LogP contribution in [0.5, 0.6) is 5.75 Å². The molecule has 3 N–H and O–H groups in total. The van der Waals surface area contributed by atoms with Gasteiger partial charge in [-0.2, -0.15) is 0 Å². The number of halogens is 1. The molecule has 0 bridgehead atoms. The second-order valence-corrected chi connectivity index (χ2v) is 7.09. The number of anilines is 3. The molecule has 7 nitrogen and oxygen atoms in total. The van der Waals surface area contributed by atoms with Crippen LogP contribution in [0.25, 0.3) is 0 Å². The molecule has 0 aliphatic heterocycles. The molecule has 0 radical (unpaired) electrons. The van der Waals surface area contributed by atoms with Gasteiger partial charge in [0.05, 0.1) is 17.3 Å². The summed E-state index contributed by atoms with van der Waals surface area (Å²) in [6, 6.07) is 10.1. The van der Waals surface area contributed by atoms with Gasteiger partial charge in [-0.25, -0.2) is 4.39 Å². The van der Waals surface area contributed by atoms with Crippen molar-refractivity contribution in [1.82, 2.24) is 4.90 Å². The van der Waals surface area contributed by atoms with Crippen LogP contribution in [0.3, 0.4) is 0 Å². The van der Waals surface area contributed by atoms with Gasteiger partial charge in [-0.05, 0) is 36.2 Å². The number of nitrogens with one attached hydrogen (secondary N) is 2. The highest BCUT2D eigenvalue weighted by atomic mass is 19.1. The topological polar surface area (TPSA) is 98.7 Å². The lowest BCUT2D eigenvalue weighted by molar-refractivity contribution is 0.0824. The van der Waals surface area contributed by atoms with E-state index in [-0.39, 0.29) is 37.3 Å². The lowest BCUT2D eigenvalue weighted by atomic mass is 10.0. The molecule has 0 aromatic heterocycles. The molecule has 160 valence electrons. The summed E-state index contributed by atoms with van der Waals surface area (Å²) in [5, 5.41) is 16.2. The lowest BCUT2D eigenvalue weighted by Crippen LogP contribution is -2.37. The molecular formula is C22H26FN3O4. The molecule has 0 fully saturated rings. The number of amides is 1. The van der Waals surface area contributed by atoms with E-state index >= 15 is 0 Å². The third kappa shape index (κ3) is 3.89. The molecule has 3 rings (SSSR count). The van der Waals surface area contributed by atoms with Crippen LogP contribution in [0.2, 0.25) is 0 Å². The van der Waals surface area contributed by atoms with E-state index in [0.717, 1.165) is 0 Å². The predicted octanol–water partition coefficient (Wildman–Crippen LogP) is 3.63. The smallest absolute Gasteiger partial charge is 0.257 e. The highest BCUT2D eigenvalue weighted by Crippen LogP contribution is 2.33. The average molecular weight is 415 g/mol. The Hall–Kier alpha value is -3.68. The maximum absolute atomic E-state index is 13.6. The largest absolute Gasteiger partial charge is 0.505 e. The number of nitrogens with zero attached hydrogens (tertiary/aromatic N) is 1. The van der Waals surface area contributed by atoms with Gasteiger partial charge < -0.3 is 20.6 Å². The van der Waals surface area contributed by atoms with Gasteiger partial charge in [-0.1, -0.05) is 25.1 Å². The summed E-state index contributed by atoms with van der Waals surface area (Å²) in [4.78, 5) is 37.8. The average Bonchev–Trinajstić information content (AvgIpc) is 2.73. The maximum Gasteiger partial charge on any atom is 0.257 e. The van der Waals surface area contributed by atoms with Crippen LogP contribution in [-0.4, -0.2) is 30.0 Å². The van der Waals surface area contributed by atoms with Crippen LogP contribution in [-0.2, 0) is 0 Å². The van der Waals surface area contributed by atoms with Crippen LogP contribution < -0.4 is 21.5 Å². The van der Waals surface area contributed by atoms with E-state index in [4.69, 9.17) is 0 Å². The first kappa shape index (κ1) is 21.0. The first-order valence-electron chi connectivity index (χ1n) is 9.40. The summed E-state index contributed by atoms with van der Waals surface area (Å²) in [6.45, 7) is 1.86. The highest BCUT2D eigenvalue weighted by molar-refractivity contribution is 5.99. The molecular weight excluding hydrogens is 389 g/mol. The molecule has 3 aromatic carbocycles. The zero-order valence-electron chi connectivity index (χ0n) is 16.8. The molecule has 8 heteroatoms. The van der Waals surface area contributed by atoms with Crippen LogP contribution in [0.4, 0.5) is 21.5 Å². The number of rotatable bonds is 7. The van der Waals surface area contributed by atoms with Crippen molar-refractivity contribution < 1.29 is 17.1 Å². The van der Waals surface area contributed by atoms with E-state index in [1.54, 1.807) is 32.3 Å². The van der Waals surface area contributed by atoms with Crippen LogP contribution >= 0.6 is 0 Å². The van der Waals surface area contributed by atoms with Crippen molar-refractivity contribution in [3.63, 3.8) is 0 Å². The monoisotopic (exact) mass is 415 g/mol. The summed E-state index contributed by atoms with van der Waals surface area (Å²) < 4.78 is 13.6. The minimum atomic E-state index is -0.740. The SMILES string of the molecule is CC[C@H](Nc1c(Nc2cccc(C(=O)N(C)C)c2O)c(=O)c1=O)c1cccc(F)c1.[HH].[HH]. The van der Waals surface area contributed by atoms with Gasteiger partial charge in [0.1, 0.15) is 17.2 Å². The van der Waals surface area contributed by atoms with Crippen molar-refractivity contribution in [3.05, 3.63) is 79.9 Å². The second kappa shape index (κ2) is 8.36. The standard InChI is InChI=1S/C22H22FN3O4.2H2/c1-4-15(12-7-5-8-13(23)11-12)24-17-18(21(29)20(17)28)25-16-10-6-9-14(19(16)27)22(30)26(2)3;;/h5-11,15,24-25,27H,4H2,1-3H3;2*1H/t15-;;/m0../s1. The molecule has 0 aliphatic carbocycles. The summed E-state index contributed by atoms with van der Waals surface area (Å²) in [5.41, 5.74) is -0.582. The first-order valence-corrected chi connectivity index (χ1v) is 9.40. The number of phenolic OH excluding ortho intramolecular Hbond substituents is 1. The third-order valence-electron chi connectivity index (χ3n) is 4.82. The van der Waals surface area contributed by atoms with Gasteiger partial charge in [-0.15, -0.1) is 0 Å². The number of hydrogen-bond acceptors (Lipinski definition) is 6. The maximum atomic E-state index is 13.6. The van der Waals surface area contributed by atoms with E-state index in [1.165, 1.54) is 29.2 Å². The Balaban J connectivity index is 0.00000256. The Bertz CT molecular complexity index is 1180. The van der Waals surface area contributed by atoms with Crippen molar-refractivity contribution in [2.45, 2.75) is 19.4 Å². The van der Waals surface area contributed by atoms with Crippen molar-refractivity contribution >= 4 is 23.0 Å². The van der Waals surface area contributed by atoms with E-state index in [1.807, 2.05) is 6.92 Å². The molecule has 30 heavy (non-hydrogen) atoms. The summed E-state index contributed by atoms with van der Waals surface area (Å²) in [6.07, 6.45) is 0.541. The Labute approximate surface area is 175 Å².